The first-order valence-corrected chi connectivity index (χ1v) is 8.10. The Morgan fingerprint density at radius 3 is 2.80 bits per heavy atom. The fraction of sp³-hybridized carbons (Fsp3) is 0.353. The number of methoxy groups -OCH3 is 1. The minimum Gasteiger partial charge on any atom is -0.372 e. The van der Waals surface area contributed by atoms with Gasteiger partial charge < -0.3 is 20.7 Å². The summed E-state index contributed by atoms with van der Waals surface area (Å²) in [5, 5.41) is 15.9. The quantitative estimate of drug-likeness (QED) is 0.654. The summed E-state index contributed by atoms with van der Waals surface area (Å²) in [6.45, 7) is 3.16. The summed E-state index contributed by atoms with van der Waals surface area (Å²) in [6.07, 6.45) is 0.274. The molecule has 4 N–H and O–H groups in total. The summed E-state index contributed by atoms with van der Waals surface area (Å²) in [6, 6.07) is 6.95. The Bertz CT molecular complexity index is 786. The Morgan fingerprint density at radius 2 is 2.04 bits per heavy atom. The SMILES string of the molecule is COC(C)C(=O)Nc1cccc(NC(=O)c2n[nH]c3c2CNCC3)c1. The number of benzene rings is 1. The molecule has 1 aromatic carbocycles. The summed E-state index contributed by atoms with van der Waals surface area (Å²) in [4.78, 5) is 24.4. The van der Waals surface area contributed by atoms with Crippen LogP contribution in [0.5, 0.6) is 0 Å². The van der Waals surface area contributed by atoms with E-state index in [0.717, 1.165) is 24.2 Å². The van der Waals surface area contributed by atoms with E-state index in [1.165, 1.54) is 7.11 Å². The van der Waals surface area contributed by atoms with Gasteiger partial charge in [0.05, 0.1) is 0 Å². The van der Waals surface area contributed by atoms with Gasteiger partial charge in [-0.1, -0.05) is 6.07 Å². The van der Waals surface area contributed by atoms with Crippen molar-refractivity contribution >= 4 is 23.2 Å². The highest BCUT2D eigenvalue weighted by atomic mass is 16.5. The van der Waals surface area contributed by atoms with Gasteiger partial charge in [0.15, 0.2) is 5.69 Å². The van der Waals surface area contributed by atoms with Gasteiger partial charge in [0.1, 0.15) is 6.10 Å². The first-order valence-electron chi connectivity index (χ1n) is 8.10. The van der Waals surface area contributed by atoms with Crippen LogP contribution in [0.1, 0.15) is 28.7 Å². The summed E-state index contributed by atoms with van der Waals surface area (Å²) < 4.78 is 4.98. The van der Waals surface area contributed by atoms with Crippen LogP contribution < -0.4 is 16.0 Å². The van der Waals surface area contributed by atoms with Crippen molar-refractivity contribution in [3.05, 3.63) is 41.2 Å². The van der Waals surface area contributed by atoms with Gasteiger partial charge >= 0.3 is 0 Å². The molecule has 0 aliphatic carbocycles. The molecule has 0 spiro atoms. The average molecular weight is 343 g/mol. The van der Waals surface area contributed by atoms with E-state index in [4.69, 9.17) is 4.74 Å². The summed E-state index contributed by atoms with van der Waals surface area (Å²) in [5.41, 5.74) is 3.45. The Morgan fingerprint density at radius 1 is 1.28 bits per heavy atom. The van der Waals surface area contributed by atoms with Crippen LogP contribution in [0.3, 0.4) is 0 Å². The van der Waals surface area contributed by atoms with E-state index in [0.29, 0.717) is 23.6 Å². The molecule has 0 saturated heterocycles. The number of aromatic amines is 1. The number of carbonyl (C=O) groups is 2. The number of ether oxygens (including phenoxy) is 1. The summed E-state index contributed by atoms with van der Waals surface area (Å²) in [5.74, 6) is -0.534. The van der Waals surface area contributed by atoms with Crippen molar-refractivity contribution < 1.29 is 14.3 Å². The molecule has 0 radical (unpaired) electrons. The Balaban J connectivity index is 1.71. The maximum Gasteiger partial charge on any atom is 0.276 e. The lowest BCUT2D eigenvalue weighted by Crippen LogP contribution is -2.26. The van der Waals surface area contributed by atoms with Crippen LogP contribution in [0, 0.1) is 0 Å². The van der Waals surface area contributed by atoms with Crippen molar-refractivity contribution in [3.63, 3.8) is 0 Å². The van der Waals surface area contributed by atoms with Gasteiger partial charge in [0, 0.05) is 49.3 Å². The van der Waals surface area contributed by atoms with E-state index in [1.807, 2.05) is 0 Å². The van der Waals surface area contributed by atoms with Gasteiger partial charge in [-0.15, -0.1) is 0 Å². The molecule has 8 nitrogen and oxygen atoms in total. The van der Waals surface area contributed by atoms with Crippen molar-refractivity contribution in [2.24, 2.45) is 0 Å². The van der Waals surface area contributed by atoms with E-state index in [9.17, 15) is 9.59 Å². The molecular formula is C17H21N5O3. The molecule has 8 heteroatoms. The van der Waals surface area contributed by atoms with E-state index < -0.39 is 6.10 Å². The molecule has 25 heavy (non-hydrogen) atoms. The van der Waals surface area contributed by atoms with Gasteiger partial charge in [-0.3, -0.25) is 14.7 Å². The second-order valence-electron chi connectivity index (χ2n) is 5.86. The molecule has 0 fully saturated rings. The monoisotopic (exact) mass is 343 g/mol. The van der Waals surface area contributed by atoms with E-state index in [-0.39, 0.29) is 11.8 Å². The minimum absolute atomic E-state index is 0.251. The second kappa shape index (κ2) is 7.45. The smallest absolute Gasteiger partial charge is 0.276 e. The first-order chi connectivity index (χ1) is 12.1. The van der Waals surface area contributed by atoms with Crippen molar-refractivity contribution in [1.82, 2.24) is 15.5 Å². The highest BCUT2D eigenvalue weighted by Gasteiger charge is 2.21. The molecule has 132 valence electrons. The maximum absolute atomic E-state index is 12.5. The normalized spacial score (nSPS) is 14.5. The largest absolute Gasteiger partial charge is 0.372 e. The zero-order valence-electron chi connectivity index (χ0n) is 14.2. The van der Waals surface area contributed by atoms with Gasteiger partial charge in [-0.05, 0) is 25.1 Å². The zero-order chi connectivity index (χ0) is 17.8. The van der Waals surface area contributed by atoms with Crippen LogP contribution in [0.2, 0.25) is 0 Å². The van der Waals surface area contributed by atoms with Crippen molar-refractivity contribution in [1.29, 1.82) is 0 Å². The van der Waals surface area contributed by atoms with Gasteiger partial charge in [0.2, 0.25) is 0 Å². The molecule has 1 atom stereocenters. The Kier molecular flexibility index (Phi) is 5.11. The average Bonchev–Trinajstić information content (AvgIpc) is 3.05. The highest BCUT2D eigenvalue weighted by Crippen LogP contribution is 2.19. The predicted octanol–water partition coefficient (Wildman–Crippen LogP) is 1.28. The molecule has 1 aliphatic rings. The number of fused-ring (bicyclic) bond motifs is 1. The summed E-state index contributed by atoms with van der Waals surface area (Å²) >= 11 is 0. The van der Waals surface area contributed by atoms with Gasteiger partial charge in [-0.25, -0.2) is 0 Å². The number of anilines is 2. The van der Waals surface area contributed by atoms with E-state index in [2.05, 4.69) is 26.1 Å². The molecule has 2 aromatic rings. The van der Waals surface area contributed by atoms with Crippen LogP contribution in [0.15, 0.2) is 24.3 Å². The number of hydrogen-bond acceptors (Lipinski definition) is 5. The van der Waals surface area contributed by atoms with E-state index >= 15 is 0 Å². The number of hydrogen-bond donors (Lipinski definition) is 4. The van der Waals surface area contributed by atoms with Crippen molar-refractivity contribution in [3.8, 4) is 0 Å². The number of aromatic nitrogens is 2. The molecule has 3 rings (SSSR count). The number of nitrogens with zero attached hydrogens (tertiary/aromatic N) is 1. The standard InChI is InChI=1S/C17H21N5O3/c1-10(25-2)16(23)19-11-4-3-5-12(8-11)20-17(24)15-13-9-18-7-6-14(13)21-22-15/h3-5,8,10,18H,6-7,9H2,1-2H3,(H,19,23)(H,20,24)(H,21,22). The van der Waals surface area contributed by atoms with E-state index in [1.54, 1.807) is 31.2 Å². The van der Waals surface area contributed by atoms with Crippen LogP contribution >= 0.6 is 0 Å². The molecule has 1 unspecified atom stereocenters. The van der Waals surface area contributed by atoms with Gasteiger partial charge in [-0.2, -0.15) is 5.10 Å². The molecular weight excluding hydrogens is 322 g/mol. The van der Waals surface area contributed by atoms with Gasteiger partial charge in [0.25, 0.3) is 11.8 Å². The first kappa shape index (κ1) is 17.1. The molecule has 1 aromatic heterocycles. The third-order valence-electron chi connectivity index (χ3n) is 4.13. The van der Waals surface area contributed by atoms with Crippen molar-refractivity contribution in [2.45, 2.75) is 26.0 Å². The molecule has 0 saturated carbocycles. The van der Waals surface area contributed by atoms with Crippen LogP contribution in [-0.4, -0.2) is 41.8 Å². The molecule has 1 aliphatic heterocycles. The number of H-pyrrole nitrogens is 1. The number of amides is 2. The second-order valence-corrected chi connectivity index (χ2v) is 5.86. The number of nitrogens with one attached hydrogen (secondary N) is 4. The highest BCUT2D eigenvalue weighted by molar-refractivity contribution is 6.04. The predicted molar refractivity (Wildman–Crippen MR) is 93.5 cm³/mol. The lowest BCUT2D eigenvalue weighted by Gasteiger charge is -2.13. The summed E-state index contributed by atoms with van der Waals surface area (Å²) in [7, 11) is 1.47. The topological polar surface area (TPSA) is 108 Å². The van der Waals surface area contributed by atoms with Crippen molar-refractivity contribution in [2.75, 3.05) is 24.3 Å². The zero-order valence-corrected chi connectivity index (χ0v) is 14.2. The maximum atomic E-state index is 12.5. The lowest BCUT2D eigenvalue weighted by atomic mass is 10.1. The van der Waals surface area contributed by atoms with Crippen LogP contribution in [-0.2, 0) is 22.5 Å². The minimum atomic E-state index is -0.554. The molecule has 2 heterocycles. The lowest BCUT2D eigenvalue weighted by molar-refractivity contribution is -0.124. The third kappa shape index (κ3) is 3.86. The number of rotatable bonds is 5. The molecule has 0 bridgehead atoms. The van der Waals surface area contributed by atoms with Crippen LogP contribution in [0.4, 0.5) is 11.4 Å². The fourth-order valence-electron chi connectivity index (χ4n) is 2.63. The fourth-order valence-corrected chi connectivity index (χ4v) is 2.63. The molecule has 2 amide bonds. The van der Waals surface area contributed by atoms with Crippen LogP contribution in [0.25, 0.3) is 0 Å². The number of carbonyl (C=O) groups excluding carboxylic acids is 2. The third-order valence-corrected chi connectivity index (χ3v) is 4.13. The Labute approximate surface area is 145 Å². The Hall–Kier alpha value is -2.71.